The van der Waals surface area contributed by atoms with Crippen LogP contribution in [0.3, 0.4) is 0 Å². The van der Waals surface area contributed by atoms with Crippen molar-refractivity contribution in [1.82, 2.24) is 5.32 Å². The number of nitrogens with one attached hydrogen (secondary N) is 1. The van der Waals surface area contributed by atoms with E-state index >= 15 is 0 Å². The monoisotopic (exact) mass is 190 g/mol. The van der Waals surface area contributed by atoms with Crippen molar-refractivity contribution in [2.75, 3.05) is 7.05 Å². The smallest absolute Gasteiger partial charge is 0.233 e. The van der Waals surface area contributed by atoms with E-state index in [1.54, 1.807) is 24.3 Å². The summed E-state index contributed by atoms with van der Waals surface area (Å²) in [7, 11) is 1.51. The van der Waals surface area contributed by atoms with Crippen LogP contribution in [0.5, 0.6) is 0 Å². The van der Waals surface area contributed by atoms with E-state index in [9.17, 15) is 4.79 Å². The summed E-state index contributed by atoms with van der Waals surface area (Å²) >= 11 is 0. The van der Waals surface area contributed by atoms with Gasteiger partial charge in [0.2, 0.25) is 5.91 Å². The SMILES string of the molecule is CNC(=O)C(N=[N+]=[N-])c1ccccc1. The van der Waals surface area contributed by atoms with E-state index in [4.69, 9.17) is 5.53 Å². The highest BCUT2D eigenvalue weighted by Crippen LogP contribution is 2.16. The molecule has 0 saturated heterocycles. The molecule has 0 aliphatic rings. The van der Waals surface area contributed by atoms with Gasteiger partial charge < -0.3 is 5.32 Å². The summed E-state index contributed by atoms with van der Waals surface area (Å²) in [6.45, 7) is 0. The maximum absolute atomic E-state index is 11.3. The Bertz CT molecular complexity index is 356. The summed E-state index contributed by atoms with van der Waals surface area (Å²) in [5.41, 5.74) is 9.01. The number of rotatable bonds is 3. The zero-order valence-electron chi connectivity index (χ0n) is 7.71. The van der Waals surface area contributed by atoms with Gasteiger partial charge >= 0.3 is 0 Å². The van der Waals surface area contributed by atoms with Crippen LogP contribution in [0.2, 0.25) is 0 Å². The fraction of sp³-hybridized carbons (Fsp3) is 0.222. The fourth-order valence-corrected chi connectivity index (χ4v) is 1.09. The van der Waals surface area contributed by atoms with E-state index in [1.807, 2.05) is 6.07 Å². The quantitative estimate of drug-likeness (QED) is 0.440. The third-order valence-corrected chi connectivity index (χ3v) is 1.78. The Morgan fingerprint density at radius 3 is 2.64 bits per heavy atom. The number of hydrogen-bond acceptors (Lipinski definition) is 2. The van der Waals surface area contributed by atoms with E-state index in [2.05, 4.69) is 15.3 Å². The summed E-state index contributed by atoms with van der Waals surface area (Å²) in [6, 6.07) is 8.12. The predicted octanol–water partition coefficient (Wildman–Crippen LogP) is 1.78. The molecule has 1 N–H and O–H groups in total. The molecular formula is C9H10N4O. The van der Waals surface area contributed by atoms with E-state index in [0.717, 1.165) is 0 Å². The van der Waals surface area contributed by atoms with Crippen LogP contribution in [0.4, 0.5) is 0 Å². The molecule has 1 rings (SSSR count). The molecule has 0 saturated carbocycles. The van der Waals surface area contributed by atoms with Gasteiger partial charge in [0.05, 0.1) is 0 Å². The highest BCUT2D eigenvalue weighted by atomic mass is 16.2. The molecule has 0 bridgehead atoms. The van der Waals surface area contributed by atoms with Crippen molar-refractivity contribution >= 4 is 5.91 Å². The van der Waals surface area contributed by atoms with Gasteiger partial charge in [-0.25, -0.2) is 0 Å². The fourth-order valence-electron chi connectivity index (χ4n) is 1.09. The molecule has 72 valence electrons. The maximum Gasteiger partial charge on any atom is 0.233 e. The van der Waals surface area contributed by atoms with Gasteiger partial charge in [0.25, 0.3) is 0 Å². The molecule has 0 aliphatic carbocycles. The predicted molar refractivity (Wildman–Crippen MR) is 52.4 cm³/mol. The zero-order chi connectivity index (χ0) is 10.4. The van der Waals surface area contributed by atoms with Crippen LogP contribution in [0.25, 0.3) is 10.4 Å². The lowest BCUT2D eigenvalue weighted by molar-refractivity contribution is -0.121. The lowest BCUT2D eigenvalue weighted by atomic mass is 10.1. The first-order valence-corrected chi connectivity index (χ1v) is 4.10. The minimum Gasteiger partial charge on any atom is -0.359 e. The lowest BCUT2D eigenvalue weighted by Gasteiger charge is -2.08. The Balaban J connectivity index is 3.00. The summed E-state index contributed by atoms with van der Waals surface area (Å²) < 4.78 is 0. The molecule has 1 atom stereocenters. The van der Waals surface area contributed by atoms with Gasteiger partial charge in [-0.2, -0.15) is 0 Å². The van der Waals surface area contributed by atoms with E-state index in [-0.39, 0.29) is 5.91 Å². The molecule has 5 heteroatoms. The molecule has 0 radical (unpaired) electrons. The van der Waals surface area contributed by atoms with Crippen LogP contribution in [0.1, 0.15) is 11.6 Å². The summed E-state index contributed by atoms with van der Waals surface area (Å²) in [6.07, 6.45) is 0. The first kappa shape index (κ1) is 10.1. The number of amides is 1. The largest absolute Gasteiger partial charge is 0.359 e. The Hall–Kier alpha value is -2.00. The van der Waals surface area contributed by atoms with Crippen molar-refractivity contribution in [3.8, 4) is 0 Å². The third kappa shape index (κ3) is 2.24. The van der Waals surface area contributed by atoms with Gasteiger partial charge in [-0.1, -0.05) is 35.4 Å². The number of benzene rings is 1. The minimum atomic E-state index is -0.786. The number of likely N-dealkylation sites (N-methyl/N-ethyl adjacent to an activating group) is 1. The number of azide groups is 1. The van der Waals surface area contributed by atoms with Crippen LogP contribution in [0, 0.1) is 0 Å². The van der Waals surface area contributed by atoms with Crippen molar-refractivity contribution in [3.63, 3.8) is 0 Å². The second-order valence-corrected chi connectivity index (χ2v) is 2.63. The summed E-state index contributed by atoms with van der Waals surface area (Å²) in [5, 5.41) is 5.88. The molecule has 14 heavy (non-hydrogen) atoms. The molecule has 1 amide bonds. The number of carbonyl (C=O) groups is 1. The first-order valence-electron chi connectivity index (χ1n) is 4.10. The Kier molecular flexibility index (Phi) is 3.52. The van der Waals surface area contributed by atoms with Crippen molar-refractivity contribution in [1.29, 1.82) is 0 Å². The van der Waals surface area contributed by atoms with Gasteiger partial charge in [0.1, 0.15) is 6.04 Å². The first-order chi connectivity index (χ1) is 6.79. The minimum absolute atomic E-state index is 0.311. The van der Waals surface area contributed by atoms with Crippen LogP contribution >= 0.6 is 0 Å². The van der Waals surface area contributed by atoms with Gasteiger partial charge in [0.15, 0.2) is 0 Å². The van der Waals surface area contributed by atoms with E-state index < -0.39 is 6.04 Å². The lowest BCUT2D eigenvalue weighted by Crippen LogP contribution is -2.24. The molecule has 0 aromatic heterocycles. The number of hydrogen-bond donors (Lipinski definition) is 1. The Morgan fingerprint density at radius 2 is 2.14 bits per heavy atom. The van der Waals surface area contributed by atoms with Crippen LogP contribution in [0.15, 0.2) is 35.4 Å². The molecule has 0 fully saturated rings. The summed E-state index contributed by atoms with van der Waals surface area (Å²) in [4.78, 5) is 14.0. The molecule has 0 heterocycles. The molecule has 0 spiro atoms. The second kappa shape index (κ2) is 4.89. The van der Waals surface area contributed by atoms with Crippen molar-refractivity contribution in [3.05, 3.63) is 46.3 Å². The second-order valence-electron chi connectivity index (χ2n) is 2.63. The maximum atomic E-state index is 11.3. The van der Waals surface area contributed by atoms with Crippen molar-refractivity contribution < 1.29 is 4.79 Å². The number of carbonyl (C=O) groups excluding carboxylic acids is 1. The highest BCUT2D eigenvalue weighted by molar-refractivity contribution is 5.83. The average molecular weight is 190 g/mol. The summed E-state index contributed by atoms with van der Waals surface area (Å²) in [5.74, 6) is -0.311. The topological polar surface area (TPSA) is 77.9 Å². The molecule has 1 aromatic carbocycles. The van der Waals surface area contributed by atoms with Crippen LogP contribution < -0.4 is 5.32 Å². The Morgan fingerprint density at radius 1 is 1.50 bits per heavy atom. The normalized spacial score (nSPS) is 11.2. The molecule has 5 nitrogen and oxygen atoms in total. The van der Waals surface area contributed by atoms with E-state index in [0.29, 0.717) is 5.56 Å². The third-order valence-electron chi connectivity index (χ3n) is 1.78. The average Bonchev–Trinajstić information content (AvgIpc) is 2.26. The molecular weight excluding hydrogens is 180 g/mol. The zero-order valence-corrected chi connectivity index (χ0v) is 7.71. The Labute approximate surface area is 81.4 Å². The van der Waals surface area contributed by atoms with Gasteiger partial charge in [-0.15, -0.1) is 0 Å². The van der Waals surface area contributed by atoms with E-state index in [1.165, 1.54) is 7.05 Å². The standard InChI is InChI=1S/C9H10N4O/c1-11-9(14)8(12-13-10)7-5-3-2-4-6-7/h2-6,8H,1H3,(H,11,14). The van der Waals surface area contributed by atoms with Gasteiger partial charge in [-0.3, -0.25) is 4.79 Å². The van der Waals surface area contributed by atoms with Crippen LogP contribution in [-0.4, -0.2) is 13.0 Å². The van der Waals surface area contributed by atoms with Gasteiger partial charge in [0, 0.05) is 12.0 Å². The van der Waals surface area contributed by atoms with Crippen molar-refractivity contribution in [2.24, 2.45) is 5.11 Å². The number of nitrogens with zero attached hydrogens (tertiary/aromatic N) is 3. The highest BCUT2D eigenvalue weighted by Gasteiger charge is 2.16. The molecule has 1 unspecified atom stereocenters. The van der Waals surface area contributed by atoms with Crippen molar-refractivity contribution in [2.45, 2.75) is 6.04 Å². The molecule has 0 aliphatic heterocycles. The molecule has 1 aromatic rings. The van der Waals surface area contributed by atoms with Crippen LogP contribution in [-0.2, 0) is 4.79 Å². The van der Waals surface area contributed by atoms with Gasteiger partial charge in [-0.05, 0) is 11.1 Å².